The maximum absolute atomic E-state index is 11.7. The second kappa shape index (κ2) is 5.52. The molecule has 96 valence electrons. The molecule has 0 aliphatic heterocycles. The number of hydrogen-bond acceptors (Lipinski definition) is 2. The first-order chi connectivity index (χ1) is 8.15. The molecule has 0 heterocycles. The quantitative estimate of drug-likeness (QED) is 0.704. The van der Waals surface area contributed by atoms with Crippen LogP contribution in [0.1, 0.15) is 39.0 Å². The van der Waals surface area contributed by atoms with E-state index in [4.69, 9.17) is 0 Å². The SMILES string of the molecule is CC(=O)NCCNC(=O)CC1CC2CCC1C2. The van der Waals surface area contributed by atoms with Gasteiger partial charge in [0, 0.05) is 26.4 Å². The molecule has 0 spiro atoms. The standard InChI is InChI=1S/C13H22N2O2/c1-9(16)14-4-5-15-13(17)8-12-7-10-2-3-11(12)6-10/h10-12H,2-8H2,1H3,(H,14,16)(H,15,17). The third-order valence-electron chi connectivity index (χ3n) is 4.15. The van der Waals surface area contributed by atoms with Crippen molar-refractivity contribution in [2.45, 2.75) is 39.0 Å². The van der Waals surface area contributed by atoms with Gasteiger partial charge in [0.05, 0.1) is 0 Å². The van der Waals surface area contributed by atoms with Gasteiger partial charge in [-0.15, -0.1) is 0 Å². The molecule has 2 amide bonds. The minimum atomic E-state index is -0.0487. The maximum Gasteiger partial charge on any atom is 0.220 e. The Hall–Kier alpha value is -1.06. The molecule has 17 heavy (non-hydrogen) atoms. The van der Waals surface area contributed by atoms with E-state index in [1.165, 1.54) is 32.6 Å². The van der Waals surface area contributed by atoms with E-state index in [2.05, 4.69) is 10.6 Å². The monoisotopic (exact) mass is 238 g/mol. The van der Waals surface area contributed by atoms with E-state index in [9.17, 15) is 9.59 Å². The van der Waals surface area contributed by atoms with Crippen molar-refractivity contribution in [3.05, 3.63) is 0 Å². The molecule has 3 atom stereocenters. The van der Waals surface area contributed by atoms with Crippen molar-refractivity contribution >= 4 is 11.8 Å². The second-order valence-electron chi connectivity index (χ2n) is 5.47. The van der Waals surface area contributed by atoms with E-state index in [1.54, 1.807) is 0 Å². The highest BCUT2D eigenvalue weighted by atomic mass is 16.2. The number of hydrogen-bond donors (Lipinski definition) is 2. The lowest BCUT2D eigenvalue weighted by molar-refractivity contribution is -0.123. The van der Waals surface area contributed by atoms with E-state index in [0.717, 1.165) is 11.8 Å². The summed E-state index contributed by atoms with van der Waals surface area (Å²) in [6.07, 6.45) is 5.99. The largest absolute Gasteiger partial charge is 0.355 e. The number of carbonyl (C=O) groups excluding carboxylic acids is 2. The average Bonchev–Trinajstić information content (AvgIpc) is 2.86. The van der Waals surface area contributed by atoms with Crippen LogP contribution in [0.25, 0.3) is 0 Å². The maximum atomic E-state index is 11.7. The predicted octanol–water partition coefficient (Wildman–Crippen LogP) is 1.06. The number of carbonyl (C=O) groups is 2. The summed E-state index contributed by atoms with van der Waals surface area (Å²) in [5, 5.41) is 5.54. The van der Waals surface area contributed by atoms with Gasteiger partial charge in [0.25, 0.3) is 0 Å². The Morgan fingerprint density at radius 3 is 2.47 bits per heavy atom. The first-order valence-electron chi connectivity index (χ1n) is 6.66. The van der Waals surface area contributed by atoms with Crippen LogP contribution in [0.15, 0.2) is 0 Å². The first kappa shape index (κ1) is 12.4. The molecule has 0 aromatic heterocycles. The van der Waals surface area contributed by atoms with E-state index >= 15 is 0 Å². The first-order valence-corrected chi connectivity index (χ1v) is 6.66. The van der Waals surface area contributed by atoms with E-state index in [0.29, 0.717) is 25.4 Å². The molecule has 4 heteroatoms. The van der Waals surface area contributed by atoms with E-state index in [1.807, 2.05) is 0 Å². The predicted molar refractivity (Wildman–Crippen MR) is 65.2 cm³/mol. The molecule has 0 aromatic carbocycles. The summed E-state index contributed by atoms with van der Waals surface area (Å²) in [6, 6.07) is 0. The highest BCUT2D eigenvalue weighted by molar-refractivity contribution is 5.76. The number of fused-ring (bicyclic) bond motifs is 2. The summed E-state index contributed by atoms with van der Waals surface area (Å²) in [7, 11) is 0. The third-order valence-corrected chi connectivity index (χ3v) is 4.15. The summed E-state index contributed by atoms with van der Waals surface area (Å²) in [6.45, 7) is 2.55. The topological polar surface area (TPSA) is 58.2 Å². The molecule has 2 bridgehead atoms. The zero-order chi connectivity index (χ0) is 12.3. The molecular weight excluding hydrogens is 216 g/mol. The number of nitrogens with one attached hydrogen (secondary N) is 2. The van der Waals surface area contributed by atoms with Crippen LogP contribution in [-0.4, -0.2) is 24.9 Å². The van der Waals surface area contributed by atoms with Gasteiger partial charge < -0.3 is 10.6 Å². The third kappa shape index (κ3) is 3.45. The summed E-state index contributed by atoms with van der Waals surface area (Å²) in [4.78, 5) is 22.3. The van der Waals surface area contributed by atoms with Gasteiger partial charge in [0.1, 0.15) is 0 Å². The van der Waals surface area contributed by atoms with Gasteiger partial charge >= 0.3 is 0 Å². The van der Waals surface area contributed by atoms with Crippen molar-refractivity contribution in [3.8, 4) is 0 Å². The van der Waals surface area contributed by atoms with Gasteiger partial charge in [-0.1, -0.05) is 6.42 Å². The van der Waals surface area contributed by atoms with Gasteiger partial charge in [-0.05, 0) is 37.0 Å². The van der Waals surface area contributed by atoms with Crippen molar-refractivity contribution in [1.82, 2.24) is 10.6 Å². The Bertz CT molecular complexity index is 304. The highest BCUT2D eigenvalue weighted by Gasteiger charge is 2.39. The lowest BCUT2D eigenvalue weighted by atomic mass is 9.86. The molecule has 0 aromatic rings. The number of amides is 2. The van der Waals surface area contributed by atoms with Gasteiger partial charge in [0.2, 0.25) is 11.8 Å². The van der Waals surface area contributed by atoms with Gasteiger partial charge in [-0.3, -0.25) is 9.59 Å². The Balaban J connectivity index is 1.59. The van der Waals surface area contributed by atoms with Crippen molar-refractivity contribution in [1.29, 1.82) is 0 Å². The minimum Gasteiger partial charge on any atom is -0.355 e. The minimum absolute atomic E-state index is 0.0487. The zero-order valence-corrected chi connectivity index (χ0v) is 10.5. The fraction of sp³-hybridized carbons (Fsp3) is 0.846. The molecular formula is C13H22N2O2. The fourth-order valence-electron chi connectivity index (χ4n) is 3.38. The molecule has 2 fully saturated rings. The van der Waals surface area contributed by atoms with Gasteiger partial charge in [0.15, 0.2) is 0 Å². The van der Waals surface area contributed by atoms with Crippen LogP contribution in [0.4, 0.5) is 0 Å². The van der Waals surface area contributed by atoms with Crippen LogP contribution in [0.3, 0.4) is 0 Å². The van der Waals surface area contributed by atoms with Crippen molar-refractivity contribution in [2.24, 2.45) is 17.8 Å². The highest BCUT2D eigenvalue weighted by Crippen LogP contribution is 2.49. The molecule has 0 radical (unpaired) electrons. The summed E-state index contributed by atoms with van der Waals surface area (Å²) in [5.74, 6) is 2.42. The van der Waals surface area contributed by atoms with Crippen LogP contribution < -0.4 is 10.6 Å². The molecule has 2 aliphatic rings. The number of rotatable bonds is 5. The summed E-state index contributed by atoms with van der Waals surface area (Å²) < 4.78 is 0. The normalized spacial score (nSPS) is 30.3. The van der Waals surface area contributed by atoms with Crippen LogP contribution >= 0.6 is 0 Å². The lowest BCUT2D eigenvalue weighted by Crippen LogP contribution is -2.34. The molecule has 3 unspecified atom stereocenters. The molecule has 0 saturated heterocycles. The van der Waals surface area contributed by atoms with E-state index < -0.39 is 0 Å². The second-order valence-corrected chi connectivity index (χ2v) is 5.47. The lowest BCUT2D eigenvalue weighted by Gasteiger charge is -2.20. The van der Waals surface area contributed by atoms with E-state index in [-0.39, 0.29) is 11.8 Å². The molecule has 2 N–H and O–H groups in total. The Kier molecular flexibility index (Phi) is 4.02. The van der Waals surface area contributed by atoms with Gasteiger partial charge in [-0.25, -0.2) is 0 Å². The van der Waals surface area contributed by atoms with Crippen molar-refractivity contribution in [3.63, 3.8) is 0 Å². The molecule has 2 saturated carbocycles. The van der Waals surface area contributed by atoms with Crippen LogP contribution in [0.2, 0.25) is 0 Å². The van der Waals surface area contributed by atoms with Gasteiger partial charge in [-0.2, -0.15) is 0 Å². The smallest absolute Gasteiger partial charge is 0.220 e. The molecule has 2 aliphatic carbocycles. The van der Waals surface area contributed by atoms with Crippen molar-refractivity contribution < 1.29 is 9.59 Å². The fourth-order valence-corrected chi connectivity index (χ4v) is 3.38. The summed E-state index contributed by atoms with van der Waals surface area (Å²) in [5.41, 5.74) is 0. The summed E-state index contributed by atoms with van der Waals surface area (Å²) >= 11 is 0. The Labute approximate surface area is 103 Å². The van der Waals surface area contributed by atoms with Crippen LogP contribution in [-0.2, 0) is 9.59 Å². The van der Waals surface area contributed by atoms with Crippen LogP contribution in [0.5, 0.6) is 0 Å². The average molecular weight is 238 g/mol. The Morgan fingerprint density at radius 2 is 1.88 bits per heavy atom. The molecule has 2 rings (SSSR count). The van der Waals surface area contributed by atoms with Crippen LogP contribution in [0, 0.1) is 17.8 Å². The zero-order valence-electron chi connectivity index (χ0n) is 10.5. The Morgan fingerprint density at radius 1 is 1.12 bits per heavy atom. The van der Waals surface area contributed by atoms with Crippen molar-refractivity contribution in [2.75, 3.05) is 13.1 Å². The molecule has 4 nitrogen and oxygen atoms in total.